The average molecular weight is 507 g/mol. The van der Waals surface area contributed by atoms with Crippen LogP contribution in [0.15, 0.2) is 24.3 Å². The minimum atomic E-state index is -5.17. The summed E-state index contributed by atoms with van der Waals surface area (Å²) in [7, 11) is 0. The van der Waals surface area contributed by atoms with Crippen LogP contribution in [-0.4, -0.2) is 59.0 Å². The first kappa shape index (κ1) is 25.5. The molecule has 1 saturated carbocycles. The Kier molecular flexibility index (Phi) is 5.81. The summed E-state index contributed by atoms with van der Waals surface area (Å²) in [5, 5.41) is 7.13. The Labute approximate surface area is 205 Å². The molecule has 1 aromatic carbocycles. The Morgan fingerprint density at radius 3 is 2.39 bits per heavy atom. The predicted octanol–water partition coefficient (Wildman–Crippen LogP) is 2.14. The third-order valence-electron chi connectivity index (χ3n) is 7.07. The molecule has 36 heavy (non-hydrogen) atoms. The molecule has 3 atom stereocenters. The molecule has 3 N–H and O–H groups in total. The molecule has 2 aliphatic heterocycles. The number of para-hydroxylation sites is 1. The van der Waals surface area contributed by atoms with Crippen LogP contribution >= 0.6 is 0 Å². The molecule has 1 spiro atoms. The largest absolute Gasteiger partial charge is 0.471 e. The number of likely N-dealkylation sites (tertiary alicyclic amines) is 1. The van der Waals surface area contributed by atoms with Gasteiger partial charge in [-0.05, 0) is 29.9 Å². The highest BCUT2D eigenvalue weighted by Crippen LogP contribution is 2.49. The van der Waals surface area contributed by atoms with E-state index >= 15 is 0 Å². The van der Waals surface area contributed by atoms with Gasteiger partial charge in [0.1, 0.15) is 17.0 Å². The van der Waals surface area contributed by atoms with Crippen molar-refractivity contribution in [2.75, 3.05) is 11.9 Å². The number of carbonyl (C=O) groups excluding carboxylic acids is 4. The van der Waals surface area contributed by atoms with Crippen molar-refractivity contribution < 1.29 is 32.3 Å². The number of nitrogens with one attached hydrogen (secondary N) is 3. The van der Waals surface area contributed by atoms with Gasteiger partial charge in [0.15, 0.2) is 0 Å². The SMILES string of the molecule is C#[N+][C@@H]1C[C@@]2(CN1C(=O)C1(NC(=O)[C@@H](NC(=O)C(F)(F)F)C(C)(C)C)CC1)C(=O)Nc1ccccc12. The fourth-order valence-corrected chi connectivity index (χ4v) is 4.94. The van der Waals surface area contributed by atoms with Gasteiger partial charge in [-0.25, -0.2) is 0 Å². The van der Waals surface area contributed by atoms with Crippen LogP contribution in [0.1, 0.15) is 45.6 Å². The van der Waals surface area contributed by atoms with Gasteiger partial charge in [0.25, 0.3) is 12.5 Å². The maximum atomic E-state index is 13.6. The van der Waals surface area contributed by atoms with E-state index < -0.39 is 52.5 Å². The van der Waals surface area contributed by atoms with E-state index in [1.807, 2.05) is 0 Å². The van der Waals surface area contributed by atoms with Crippen molar-refractivity contribution in [3.63, 3.8) is 0 Å². The number of halogens is 3. The Morgan fingerprint density at radius 1 is 1.19 bits per heavy atom. The van der Waals surface area contributed by atoms with Crippen molar-refractivity contribution in [3.05, 3.63) is 34.7 Å². The number of benzene rings is 1. The number of carbonyl (C=O) groups is 4. The number of nitrogens with zero attached hydrogens (tertiary/aromatic N) is 2. The summed E-state index contributed by atoms with van der Waals surface area (Å²) in [5.74, 6) is -3.98. The van der Waals surface area contributed by atoms with Gasteiger partial charge in [0.05, 0.1) is 6.42 Å². The standard InChI is InChI=1S/C24H26F3N5O4/c1-21(2,3)16(30-19(35)24(25,26)27)17(33)31-23(9-10-23)20(36)32-12-22(11-15(32)28-4)13-7-5-6-8-14(13)29-18(22)34/h4-8,15-16H,9-12H2,1-3H3,(H2-,29,30,31,33,34,35)/p+1/t15-,16+,22-/m0/s1. The fourth-order valence-electron chi connectivity index (χ4n) is 4.94. The van der Waals surface area contributed by atoms with Crippen LogP contribution < -0.4 is 16.0 Å². The Bertz CT molecular complexity index is 1180. The molecular formula is C24H27F3N5O4+. The van der Waals surface area contributed by atoms with Crippen LogP contribution in [0.4, 0.5) is 18.9 Å². The molecular weight excluding hydrogens is 479 g/mol. The molecule has 2 fully saturated rings. The third kappa shape index (κ3) is 4.16. The van der Waals surface area contributed by atoms with Gasteiger partial charge in [-0.15, -0.1) is 0 Å². The zero-order valence-corrected chi connectivity index (χ0v) is 20.0. The van der Waals surface area contributed by atoms with E-state index in [1.165, 1.54) is 25.7 Å². The van der Waals surface area contributed by atoms with Crippen molar-refractivity contribution in [2.45, 2.75) is 69.4 Å². The van der Waals surface area contributed by atoms with E-state index in [2.05, 4.69) is 15.5 Å². The lowest BCUT2D eigenvalue weighted by Crippen LogP contribution is -2.60. The summed E-state index contributed by atoms with van der Waals surface area (Å²) >= 11 is 0. The lowest BCUT2D eigenvalue weighted by Gasteiger charge is -2.32. The van der Waals surface area contributed by atoms with Gasteiger partial charge in [-0.1, -0.05) is 43.8 Å². The smallest absolute Gasteiger partial charge is 0.340 e. The van der Waals surface area contributed by atoms with Crippen LogP contribution in [0.5, 0.6) is 0 Å². The number of anilines is 1. The number of hydrogen-bond donors (Lipinski definition) is 3. The minimum Gasteiger partial charge on any atom is -0.340 e. The maximum Gasteiger partial charge on any atom is 0.471 e. The molecule has 2 heterocycles. The van der Waals surface area contributed by atoms with Crippen LogP contribution in [0.2, 0.25) is 0 Å². The molecule has 192 valence electrons. The summed E-state index contributed by atoms with van der Waals surface area (Å²) in [5.41, 5.74) is -2.17. The summed E-state index contributed by atoms with van der Waals surface area (Å²) < 4.78 is 38.5. The minimum absolute atomic E-state index is 0.0226. The summed E-state index contributed by atoms with van der Waals surface area (Å²) in [6.45, 7) is 10.1. The monoisotopic (exact) mass is 506 g/mol. The molecule has 0 bridgehead atoms. The van der Waals surface area contributed by atoms with Crippen molar-refractivity contribution in [1.29, 1.82) is 0 Å². The molecule has 0 unspecified atom stereocenters. The number of amides is 4. The first-order chi connectivity index (χ1) is 16.6. The second kappa shape index (κ2) is 8.21. The van der Waals surface area contributed by atoms with Gasteiger partial charge in [0, 0.05) is 12.2 Å². The maximum absolute atomic E-state index is 13.6. The quantitative estimate of drug-likeness (QED) is 0.581. The van der Waals surface area contributed by atoms with Crippen LogP contribution in [0.25, 0.3) is 4.85 Å². The molecule has 0 aromatic heterocycles. The first-order valence-corrected chi connectivity index (χ1v) is 11.5. The Hall–Kier alpha value is -3.62. The number of hydrogen-bond acceptors (Lipinski definition) is 4. The number of alkyl halides is 3. The van der Waals surface area contributed by atoms with Crippen molar-refractivity contribution in [1.82, 2.24) is 15.5 Å². The van der Waals surface area contributed by atoms with Crippen molar-refractivity contribution in [2.24, 2.45) is 5.41 Å². The Balaban J connectivity index is 1.56. The highest BCUT2D eigenvalue weighted by atomic mass is 19.4. The van der Waals surface area contributed by atoms with E-state index in [0.717, 1.165) is 5.56 Å². The molecule has 0 radical (unpaired) electrons. The van der Waals surface area contributed by atoms with E-state index in [-0.39, 0.29) is 31.7 Å². The van der Waals surface area contributed by atoms with Crippen LogP contribution in [0.3, 0.4) is 0 Å². The van der Waals surface area contributed by atoms with Crippen LogP contribution in [-0.2, 0) is 24.6 Å². The lowest BCUT2D eigenvalue weighted by atomic mass is 9.80. The molecule has 3 aliphatic rings. The fraction of sp³-hybridized carbons (Fsp3) is 0.542. The van der Waals surface area contributed by atoms with Crippen LogP contribution in [0, 0.1) is 12.0 Å². The third-order valence-corrected chi connectivity index (χ3v) is 7.07. The second-order valence-corrected chi connectivity index (χ2v) is 10.7. The summed E-state index contributed by atoms with van der Waals surface area (Å²) in [6, 6.07) is 5.55. The van der Waals surface area contributed by atoms with E-state index in [0.29, 0.717) is 5.69 Å². The van der Waals surface area contributed by atoms with Gasteiger partial charge in [-0.3, -0.25) is 24.1 Å². The van der Waals surface area contributed by atoms with Gasteiger partial charge < -0.3 is 16.0 Å². The van der Waals surface area contributed by atoms with Gasteiger partial charge >= 0.3 is 18.2 Å². The van der Waals surface area contributed by atoms with Crippen molar-refractivity contribution in [3.8, 4) is 6.57 Å². The first-order valence-electron chi connectivity index (χ1n) is 11.5. The number of rotatable bonds is 4. The molecule has 1 aliphatic carbocycles. The predicted molar refractivity (Wildman–Crippen MR) is 123 cm³/mol. The molecule has 1 aromatic rings. The zero-order valence-electron chi connectivity index (χ0n) is 20.0. The van der Waals surface area contributed by atoms with E-state index in [4.69, 9.17) is 6.57 Å². The summed E-state index contributed by atoms with van der Waals surface area (Å²) in [6.07, 6.45) is -5.38. The summed E-state index contributed by atoms with van der Waals surface area (Å²) in [4.78, 5) is 56.4. The lowest BCUT2D eigenvalue weighted by molar-refractivity contribution is -0.175. The molecule has 4 amide bonds. The van der Waals surface area contributed by atoms with Gasteiger partial charge in [-0.2, -0.15) is 13.2 Å². The molecule has 1 saturated heterocycles. The average Bonchev–Trinajstić information content (AvgIpc) is 3.37. The van der Waals surface area contributed by atoms with Gasteiger partial charge in [0.2, 0.25) is 11.8 Å². The highest BCUT2D eigenvalue weighted by Gasteiger charge is 2.64. The topological polar surface area (TPSA) is 112 Å². The van der Waals surface area contributed by atoms with Crippen molar-refractivity contribution >= 4 is 29.3 Å². The van der Waals surface area contributed by atoms with E-state index in [9.17, 15) is 32.3 Å². The second-order valence-electron chi connectivity index (χ2n) is 10.7. The zero-order chi connectivity index (χ0) is 26.7. The number of fused-ring (bicyclic) bond motifs is 2. The Morgan fingerprint density at radius 2 is 1.83 bits per heavy atom. The molecule has 9 nitrogen and oxygen atoms in total. The highest BCUT2D eigenvalue weighted by molar-refractivity contribution is 6.07. The normalized spacial score (nSPS) is 25.0. The molecule has 4 rings (SSSR count). The van der Waals surface area contributed by atoms with E-state index in [1.54, 1.807) is 29.6 Å². The molecule has 12 heteroatoms.